The number of allylic oxidation sites excluding steroid dienone is 1. The van der Waals surface area contributed by atoms with Gasteiger partial charge in [0.15, 0.2) is 0 Å². The van der Waals surface area contributed by atoms with Crippen LogP contribution in [0.25, 0.3) is 16.5 Å². The average molecular weight is 308 g/mol. The van der Waals surface area contributed by atoms with Gasteiger partial charge in [-0.1, -0.05) is 24.3 Å². The normalized spacial score (nSPS) is 26.7. The zero-order chi connectivity index (χ0) is 16.2. The molecule has 2 aliphatic rings. The van der Waals surface area contributed by atoms with E-state index in [1.54, 1.807) is 6.08 Å². The topological polar surface area (TPSA) is 56.3 Å². The van der Waals surface area contributed by atoms with Gasteiger partial charge in [0, 0.05) is 29.7 Å². The number of nitrogens with zero attached hydrogens (tertiary/aromatic N) is 1. The lowest BCUT2D eigenvalue weighted by molar-refractivity contribution is -0.147. The van der Waals surface area contributed by atoms with Crippen molar-refractivity contribution in [1.29, 1.82) is 0 Å². The Morgan fingerprint density at radius 3 is 3.13 bits per heavy atom. The van der Waals surface area contributed by atoms with Crippen molar-refractivity contribution in [2.45, 2.75) is 18.9 Å². The van der Waals surface area contributed by atoms with Crippen LogP contribution in [0.15, 0.2) is 43.1 Å². The van der Waals surface area contributed by atoms with Gasteiger partial charge in [-0.15, -0.1) is 6.58 Å². The number of nitrogens with one attached hydrogen (secondary N) is 1. The Kier molecular flexibility index (Phi) is 3.00. The number of benzene rings is 1. The molecule has 0 saturated heterocycles. The summed E-state index contributed by atoms with van der Waals surface area (Å²) in [5, 5.41) is 11.1. The molecule has 1 aliphatic heterocycles. The third-order valence-electron chi connectivity index (χ3n) is 5.30. The average Bonchev–Trinajstić information content (AvgIpc) is 2.93. The van der Waals surface area contributed by atoms with Gasteiger partial charge in [0.05, 0.1) is 0 Å². The third-order valence-corrected chi connectivity index (χ3v) is 5.30. The fourth-order valence-corrected chi connectivity index (χ4v) is 4.22. The number of hydrogen-bond donors (Lipinski definition) is 2. The fraction of sp³-hybridized carbons (Fsp3) is 0.316. The first-order valence-electron chi connectivity index (χ1n) is 7.92. The van der Waals surface area contributed by atoms with Crippen LogP contribution in [0.4, 0.5) is 0 Å². The minimum absolute atomic E-state index is 0.237. The molecular weight excluding hydrogens is 288 g/mol. The number of carboxylic acids is 1. The summed E-state index contributed by atoms with van der Waals surface area (Å²) in [6.45, 7) is 4.27. The van der Waals surface area contributed by atoms with Gasteiger partial charge in [-0.25, -0.2) is 0 Å². The van der Waals surface area contributed by atoms with Crippen molar-refractivity contribution < 1.29 is 9.90 Å². The summed E-state index contributed by atoms with van der Waals surface area (Å²) in [5.41, 5.74) is 3.85. The number of H-pyrrole nitrogens is 1. The van der Waals surface area contributed by atoms with Crippen molar-refractivity contribution in [1.82, 2.24) is 9.88 Å². The van der Waals surface area contributed by atoms with Crippen LogP contribution >= 0.6 is 0 Å². The van der Waals surface area contributed by atoms with Crippen molar-refractivity contribution in [3.63, 3.8) is 0 Å². The molecule has 2 N–H and O–H groups in total. The minimum Gasteiger partial charge on any atom is -0.481 e. The summed E-state index contributed by atoms with van der Waals surface area (Å²) in [6.07, 6.45) is 7.15. The number of hydrogen-bond acceptors (Lipinski definition) is 2. The molecule has 118 valence electrons. The van der Waals surface area contributed by atoms with E-state index in [-0.39, 0.29) is 6.04 Å². The molecule has 0 amide bonds. The first kappa shape index (κ1) is 14.3. The maximum absolute atomic E-state index is 12.0. The summed E-state index contributed by atoms with van der Waals surface area (Å²) in [4.78, 5) is 17.5. The minimum atomic E-state index is -0.891. The van der Waals surface area contributed by atoms with Crippen LogP contribution in [0.3, 0.4) is 0 Å². The van der Waals surface area contributed by atoms with E-state index >= 15 is 0 Å². The molecule has 2 aromatic rings. The highest BCUT2D eigenvalue weighted by molar-refractivity contribution is 5.99. The first-order chi connectivity index (χ1) is 11.1. The maximum atomic E-state index is 12.0. The van der Waals surface area contributed by atoms with Crippen LogP contribution < -0.4 is 0 Å². The van der Waals surface area contributed by atoms with Crippen molar-refractivity contribution in [2.24, 2.45) is 5.41 Å². The first-order valence-corrected chi connectivity index (χ1v) is 7.92. The van der Waals surface area contributed by atoms with Crippen LogP contribution in [-0.2, 0) is 11.2 Å². The zero-order valence-electron chi connectivity index (χ0n) is 13.2. The number of carboxylic acid groups (broad SMARTS) is 1. The highest BCUT2D eigenvalue weighted by Crippen LogP contribution is 2.44. The Labute approximate surface area is 135 Å². The van der Waals surface area contributed by atoms with Crippen molar-refractivity contribution >= 4 is 22.4 Å². The van der Waals surface area contributed by atoms with Gasteiger partial charge in [-0.3, -0.25) is 9.69 Å². The van der Waals surface area contributed by atoms with Crippen LogP contribution in [0.2, 0.25) is 0 Å². The van der Waals surface area contributed by atoms with E-state index in [9.17, 15) is 9.90 Å². The molecule has 0 spiro atoms. The van der Waals surface area contributed by atoms with Crippen LogP contribution in [0.5, 0.6) is 0 Å². The molecule has 0 radical (unpaired) electrons. The number of carbonyl (C=O) groups is 1. The summed E-state index contributed by atoms with van der Waals surface area (Å²) < 4.78 is 0. The Morgan fingerprint density at radius 1 is 1.57 bits per heavy atom. The van der Waals surface area contributed by atoms with Crippen LogP contribution in [0, 0.1) is 5.41 Å². The van der Waals surface area contributed by atoms with E-state index in [4.69, 9.17) is 0 Å². The van der Waals surface area contributed by atoms with Gasteiger partial charge < -0.3 is 10.1 Å². The number of rotatable bonds is 3. The van der Waals surface area contributed by atoms with E-state index in [1.165, 1.54) is 10.9 Å². The molecule has 1 aliphatic carbocycles. The van der Waals surface area contributed by atoms with Crippen molar-refractivity contribution in [3.8, 4) is 0 Å². The Balaban J connectivity index is 1.97. The molecule has 4 heteroatoms. The second-order valence-corrected chi connectivity index (χ2v) is 6.73. The zero-order valence-corrected chi connectivity index (χ0v) is 13.2. The highest BCUT2D eigenvalue weighted by Gasteiger charge is 2.44. The quantitative estimate of drug-likeness (QED) is 0.857. The molecule has 4 rings (SSSR count). The Morgan fingerprint density at radius 2 is 2.39 bits per heavy atom. The van der Waals surface area contributed by atoms with Gasteiger partial charge in [-0.05, 0) is 42.7 Å². The molecule has 0 saturated carbocycles. The molecule has 23 heavy (non-hydrogen) atoms. The summed E-state index contributed by atoms with van der Waals surface area (Å²) >= 11 is 0. The molecule has 4 nitrogen and oxygen atoms in total. The van der Waals surface area contributed by atoms with Gasteiger partial charge in [0.2, 0.25) is 0 Å². The number of aromatic amines is 1. The Bertz CT molecular complexity index is 848. The lowest BCUT2D eigenvalue weighted by atomic mass is 9.72. The summed E-state index contributed by atoms with van der Waals surface area (Å²) in [6, 6.07) is 6.45. The monoisotopic (exact) mass is 308 g/mol. The molecule has 2 heterocycles. The molecule has 0 unspecified atom stereocenters. The molecule has 0 bridgehead atoms. The molecular formula is C19H20N2O2. The lowest BCUT2D eigenvalue weighted by Crippen LogP contribution is -2.50. The predicted octanol–water partition coefficient (Wildman–Crippen LogP) is 3.07. The van der Waals surface area contributed by atoms with E-state index in [2.05, 4.69) is 34.8 Å². The molecule has 2 atom stereocenters. The SMILES string of the molecule is C=CC[C@@]1(C(=O)O)C=C2c3cccc4[nH]cc(c34)C[C@H]2N(C)C1. The van der Waals surface area contributed by atoms with Gasteiger partial charge in [0.1, 0.15) is 5.41 Å². The second kappa shape index (κ2) is 4.83. The van der Waals surface area contributed by atoms with E-state index in [0.717, 1.165) is 23.1 Å². The smallest absolute Gasteiger partial charge is 0.315 e. The van der Waals surface area contributed by atoms with Gasteiger partial charge >= 0.3 is 5.97 Å². The third kappa shape index (κ3) is 1.91. The lowest BCUT2D eigenvalue weighted by Gasteiger charge is -2.43. The number of fused-ring (bicyclic) bond motifs is 2. The van der Waals surface area contributed by atoms with Crippen molar-refractivity contribution in [2.75, 3.05) is 13.6 Å². The summed E-state index contributed by atoms with van der Waals surface area (Å²) in [5.74, 6) is -0.776. The fourth-order valence-electron chi connectivity index (χ4n) is 4.22. The van der Waals surface area contributed by atoms with Gasteiger partial charge in [0.25, 0.3) is 0 Å². The van der Waals surface area contributed by atoms with Crippen LogP contribution in [0.1, 0.15) is 17.5 Å². The predicted molar refractivity (Wildman–Crippen MR) is 91.3 cm³/mol. The van der Waals surface area contributed by atoms with Gasteiger partial charge in [-0.2, -0.15) is 0 Å². The Hall–Kier alpha value is -2.33. The molecule has 1 aromatic heterocycles. The second-order valence-electron chi connectivity index (χ2n) is 6.73. The summed E-state index contributed by atoms with van der Waals surface area (Å²) in [7, 11) is 2.02. The number of aromatic nitrogens is 1. The van der Waals surface area contributed by atoms with E-state index in [0.29, 0.717) is 13.0 Å². The largest absolute Gasteiger partial charge is 0.481 e. The standard InChI is InChI=1S/C19H20N2O2/c1-3-7-19(18(22)23)9-14-13-5-4-6-15-17(13)12(10-20-15)8-16(14)21(2)11-19/h3-6,9-10,16,20H,1,7-8,11H2,2H3,(H,22,23)/t16-,19-/m1/s1. The van der Waals surface area contributed by atoms with Crippen molar-refractivity contribution in [3.05, 3.63) is 54.3 Å². The molecule has 0 fully saturated rings. The number of likely N-dealkylation sites (N-methyl/N-ethyl adjacent to an activating group) is 1. The van der Waals surface area contributed by atoms with Crippen LogP contribution in [-0.4, -0.2) is 40.6 Å². The van der Waals surface area contributed by atoms with E-state index < -0.39 is 11.4 Å². The number of aliphatic carboxylic acids is 1. The molecule has 1 aromatic carbocycles. The maximum Gasteiger partial charge on any atom is 0.315 e. The van der Waals surface area contributed by atoms with E-state index in [1.807, 2.05) is 19.2 Å². The highest BCUT2D eigenvalue weighted by atomic mass is 16.4.